The molecule has 0 amide bonds. The molecule has 0 saturated carbocycles. The number of aryl methyl sites for hydroxylation is 1. The van der Waals surface area contributed by atoms with Crippen LogP contribution < -0.4 is 0 Å². The van der Waals surface area contributed by atoms with Crippen LogP contribution in [0.25, 0.3) is 0 Å². The van der Waals surface area contributed by atoms with E-state index in [1.807, 2.05) is 26.2 Å². The molecule has 0 heterocycles. The molecule has 1 rings (SSSR count). The second-order valence-electron chi connectivity index (χ2n) is 5.11. The van der Waals surface area contributed by atoms with Crippen LogP contribution >= 0.6 is 0 Å². The Bertz CT molecular complexity index is 362. The fraction of sp³-hybridized carbons (Fsp3) is 0.600. The molecule has 0 radical (unpaired) electrons. The Morgan fingerprint density at radius 2 is 1.94 bits per heavy atom. The van der Waals surface area contributed by atoms with Crippen LogP contribution in [0.3, 0.4) is 0 Å². The minimum absolute atomic E-state index is 0.216. The number of benzene rings is 1. The van der Waals surface area contributed by atoms with Crippen LogP contribution in [0.5, 0.6) is 0 Å². The Morgan fingerprint density at radius 3 is 2.41 bits per heavy atom. The minimum atomic E-state index is -0.450. The first kappa shape index (κ1) is 14.2. The second-order valence-corrected chi connectivity index (χ2v) is 5.11. The van der Waals surface area contributed by atoms with Crippen molar-refractivity contribution in [3.8, 4) is 0 Å². The van der Waals surface area contributed by atoms with Crippen molar-refractivity contribution >= 4 is 0 Å². The van der Waals surface area contributed by atoms with Crippen molar-refractivity contribution in [1.29, 1.82) is 0 Å². The summed E-state index contributed by atoms with van der Waals surface area (Å²) in [7, 11) is 4.05. The van der Waals surface area contributed by atoms with Crippen LogP contribution in [0.15, 0.2) is 24.3 Å². The number of nitrogens with zero attached hydrogens (tertiary/aromatic N) is 1. The summed E-state index contributed by atoms with van der Waals surface area (Å²) in [6.45, 7) is 6.36. The average molecular weight is 235 g/mol. The lowest BCUT2D eigenvalue weighted by atomic mass is 9.85. The molecule has 0 aliphatic rings. The summed E-state index contributed by atoms with van der Waals surface area (Å²) in [6, 6.07) is 8.27. The highest BCUT2D eigenvalue weighted by Crippen LogP contribution is 2.32. The minimum Gasteiger partial charge on any atom is -0.386 e. The lowest BCUT2D eigenvalue weighted by molar-refractivity contribution is 0.000831. The summed E-state index contributed by atoms with van der Waals surface area (Å²) in [5.41, 5.74) is 2.08. The molecule has 0 fully saturated rings. The van der Waals surface area contributed by atoms with Gasteiger partial charge in [-0.25, -0.2) is 0 Å². The monoisotopic (exact) mass is 235 g/mol. The molecule has 2 heteroatoms. The van der Waals surface area contributed by atoms with Gasteiger partial charge < -0.3 is 10.0 Å². The zero-order valence-electron chi connectivity index (χ0n) is 11.7. The number of hydrogen-bond donors (Lipinski definition) is 1. The summed E-state index contributed by atoms with van der Waals surface area (Å²) >= 11 is 0. The van der Waals surface area contributed by atoms with E-state index in [1.165, 1.54) is 5.56 Å². The van der Waals surface area contributed by atoms with Crippen LogP contribution in [0, 0.1) is 0 Å². The van der Waals surface area contributed by atoms with Gasteiger partial charge in [0.2, 0.25) is 0 Å². The number of rotatable bonds is 5. The number of aliphatic hydroxyl groups is 1. The predicted molar refractivity (Wildman–Crippen MR) is 73.2 cm³/mol. The molecule has 1 aromatic carbocycles. The van der Waals surface area contributed by atoms with E-state index in [0.29, 0.717) is 0 Å². The normalized spacial score (nSPS) is 16.9. The molecule has 96 valence electrons. The Hall–Kier alpha value is -0.860. The molecule has 0 spiro atoms. The van der Waals surface area contributed by atoms with Crippen LogP contribution in [-0.4, -0.2) is 29.6 Å². The predicted octanol–water partition coefficient (Wildman–Crippen LogP) is 3.01. The van der Waals surface area contributed by atoms with Crippen molar-refractivity contribution in [2.45, 2.75) is 45.3 Å². The maximum Gasteiger partial charge on any atom is 0.0970 e. The summed E-state index contributed by atoms with van der Waals surface area (Å²) in [6.07, 6.45) is 1.47. The second kappa shape index (κ2) is 5.65. The summed E-state index contributed by atoms with van der Waals surface area (Å²) in [5.74, 6) is 0. The van der Waals surface area contributed by atoms with E-state index in [0.717, 1.165) is 18.4 Å². The van der Waals surface area contributed by atoms with Gasteiger partial charge in [0.15, 0.2) is 0 Å². The Morgan fingerprint density at radius 1 is 1.29 bits per heavy atom. The fourth-order valence-corrected chi connectivity index (χ4v) is 2.10. The van der Waals surface area contributed by atoms with Gasteiger partial charge in [-0.2, -0.15) is 0 Å². The van der Waals surface area contributed by atoms with Gasteiger partial charge in [0.1, 0.15) is 0 Å². The zero-order valence-corrected chi connectivity index (χ0v) is 11.7. The Labute approximate surface area is 105 Å². The van der Waals surface area contributed by atoms with Gasteiger partial charge in [0.05, 0.1) is 6.10 Å². The van der Waals surface area contributed by atoms with E-state index < -0.39 is 6.10 Å². The van der Waals surface area contributed by atoms with Crippen LogP contribution in [0.4, 0.5) is 0 Å². The van der Waals surface area contributed by atoms with E-state index in [4.69, 9.17) is 0 Å². The van der Waals surface area contributed by atoms with Gasteiger partial charge in [0, 0.05) is 5.54 Å². The highest BCUT2D eigenvalue weighted by Gasteiger charge is 2.34. The summed E-state index contributed by atoms with van der Waals surface area (Å²) in [4.78, 5) is 2.11. The van der Waals surface area contributed by atoms with Crippen molar-refractivity contribution in [3.05, 3.63) is 35.4 Å². The maximum atomic E-state index is 10.6. The molecule has 1 N–H and O–H groups in total. The topological polar surface area (TPSA) is 23.5 Å². The molecule has 2 atom stereocenters. The molecule has 2 unspecified atom stereocenters. The third-order valence-corrected chi connectivity index (χ3v) is 4.00. The lowest BCUT2D eigenvalue weighted by Gasteiger charge is -2.40. The van der Waals surface area contributed by atoms with Crippen LogP contribution in [0.2, 0.25) is 0 Å². The summed E-state index contributed by atoms with van der Waals surface area (Å²) < 4.78 is 0. The smallest absolute Gasteiger partial charge is 0.0970 e. The molecule has 0 aliphatic heterocycles. The molecular formula is C15H25NO. The number of aliphatic hydroxyl groups excluding tert-OH is 1. The lowest BCUT2D eigenvalue weighted by Crippen LogP contribution is -2.46. The maximum absolute atomic E-state index is 10.6. The van der Waals surface area contributed by atoms with E-state index in [-0.39, 0.29) is 5.54 Å². The van der Waals surface area contributed by atoms with E-state index in [9.17, 15) is 5.11 Å². The SMILES string of the molecule is CCc1cccc(C(O)C(C)(CC)N(C)C)c1. The van der Waals surface area contributed by atoms with Gasteiger partial charge in [-0.1, -0.05) is 38.1 Å². The first-order valence-electron chi connectivity index (χ1n) is 6.40. The third kappa shape index (κ3) is 2.88. The molecule has 0 saturated heterocycles. The molecular weight excluding hydrogens is 210 g/mol. The van der Waals surface area contributed by atoms with Gasteiger partial charge in [-0.15, -0.1) is 0 Å². The molecule has 2 nitrogen and oxygen atoms in total. The van der Waals surface area contributed by atoms with E-state index in [1.54, 1.807) is 0 Å². The number of likely N-dealkylation sites (N-methyl/N-ethyl adjacent to an activating group) is 1. The van der Waals surface area contributed by atoms with Gasteiger partial charge in [0.25, 0.3) is 0 Å². The average Bonchev–Trinajstić information content (AvgIpc) is 2.36. The molecule has 0 aromatic heterocycles. The third-order valence-electron chi connectivity index (χ3n) is 4.00. The molecule has 17 heavy (non-hydrogen) atoms. The van der Waals surface area contributed by atoms with Crippen LogP contribution in [-0.2, 0) is 6.42 Å². The number of hydrogen-bond acceptors (Lipinski definition) is 2. The molecule has 0 aliphatic carbocycles. The first-order valence-corrected chi connectivity index (χ1v) is 6.40. The van der Waals surface area contributed by atoms with Crippen molar-refractivity contribution in [3.63, 3.8) is 0 Å². The van der Waals surface area contributed by atoms with Crippen molar-refractivity contribution in [2.75, 3.05) is 14.1 Å². The zero-order chi connectivity index (χ0) is 13.1. The van der Waals surface area contributed by atoms with Crippen molar-refractivity contribution < 1.29 is 5.11 Å². The van der Waals surface area contributed by atoms with Crippen molar-refractivity contribution in [1.82, 2.24) is 4.90 Å². The van der Waals surface area contributed by atoms with Gasteiger partial charge in [-0.05, 0) is 45.0 Å². The van der Waals surface area contributed by atoms with Gasteiger partial charge >= 0.3 is 0 Å². The fourth-order valence-electron chi connectivity index (χ4n) is 2.10. The highest BCUT2D eigenvalue weighted by atomic mass is 16.3. The Kier molecular flexibility index (Phi) is 4.72. The highest BCUT2D eigenvalue weighted by molar-refractivity contribution is 5.27. The van der Waals surface area contributed by atoms with E-state index in [2.05, 4.69) is 37.8 Å². The Balaban J connectivity index is 3.05. The standard InChI is InChI=1S/C15H25NO/c1-6-12-9-8-10-13(11-12)14(17)15(3,7-2)16(4)5/h8-11,14,17H,6-7H2,1-5H3. The molecule has 1 aromatic rings. The van der Waals surface area contributed by atoms with Crippen LogP contribution in [0.1, 0.15) is 44.4 Å². The molecule has 0 bridgehead atoms. The first-order chi connectivity index (χ1) is 7.95. The quantitative estimate of drug-likeness (QED) is 0.848. The van der Waals surface area contributed by atoms with E-state index >= 15 is 0 Å². The van der Waals surface area contributed by atoms with Crippen molar-refractivity contribution in [2.24, 2.45) is 0 Å². The summed E-state index contributed by atoms with van der Waals surface area (Å²) in [5, 5.41) is 10.6. The van der Waals surface area contributed by atoms with Gasteiger partial charge in [-0.3, -0.25) is 0 Å². The largest absolute Gasteiger partial charge is 0.386 e.